The first kappa shape index (κ1) is 15.9. The number of ether oxygens (including phenoxy) is 1. The molecule has 1 aliphatic carbocycles. The molecule has 0 spiro atoms. The van der Waals surface area contributed by atoms with Crippen molar-refractivity contribution in [3.63, 3.8) is 0 Å². The van der Waals surface area contributed by atoms with E-state index >= 15 is 0 Å². The molecule has 1 aromatic carbocycles. The minimum absolute atomic E-state index is 0.0196. The molecule has 0 aliphatic heterocycles. The zero-order valence-electron chi connectivity index (χ0n) is 13.2. The van der Waals surface area contributed by atoms with E-state index in [9.17, 15) is 4.79 Å². The minimum Gasteiger partial charge on any atom is -0.487 e. The molecule has 0 atom stereocenters. The fourth-order valence-corrected chi connectivity index (χ4v) is 3.33. The Morgan fingerprint density at radius 1 is 1.30 bits per heavy atom. The maximum absolute atomic E-state index is 12.4. The van der Waals surface area contributed by atoms with Gasteiger partial charge in [-0.1, -0.05) is 25.3 Å². The summed E-state index contributed by atoms with van der Waals surface area (Å²) in [5.41, 5.74) is 2.37. The van der Waals surface area contributed by atoms with Crippen molar-refractivity contribution < 1.29 is 9.53 Å². The maximum Gasteiger partial charge on any atom is 0.251 e. The Kier molecular flexibility index (Phi) is 5.23. The topological polar surface area (TPSA) is 64.1 Å². The fourth-order valence-electron chi connectivity index (χ4n) is 2.77. The maximum atomic E-state index is 12.4. The number of rotatable bonds is 5. The van der Waals surface area contributed by atoms with Crippen molar-refractivity contribution in [3.05, 3.63) is 41.2 Å². The van der Waals surface area contributed by atoms with Gasteiger partial charge in [-0.25, -0.2) is 0 Å². The van der Waals surface area contributed by atoms with Crippen LogP contribution in [0.4, 0.5) is 0 Å². The molecular formula is C17H21N3O2S. The molecule has 23 heavy (non-hydrogen) atoms. The summed E-state index contributed by atoms with van der Waals surface area (Å²) in [5.74, 6) is 0.655. The average molecular weight is 331 g/mol. The van der Waals surface area contributed by atoms with E-state index in [-0.39, 0.29) is 5.91 Å². The molecule has 0 saturated heterocycles. The zero-order chi connectivity index (χ0) is 16.1. The number of aryl methyl sites for hydroxylation is 1. The molecule has 1 fully saturated rings. The third-order valence-corrected chi connectivity index (χ3v) is 4.82. The van der Waals surface area contributed by atoms with E-state index in [4.69, 9.17) is 4.74 Å². The van der Waals surface area contributed by atoms with Crippen LogP contribution in [0.2, 0.25) is 0 Å². The van der Waals surface area contributed by atoms with Crippen LogP contribution in [0.15, 0.2) is 24.3 Å². The predicted octanol–water partition coefficient (Wildman–Crippen LogP) is 3.49. The van der Waals surface area contributed by atoms with E-state index in [1.165, 1.54) is 31.0 Å². The highest BCUT2D eigenvalue weighted by atomic mass is 32.1. The molecule has 3 rings (SSSR count). The number of hydrogen-bond acceptors (Lipinski definition) is 5. The van der Waals surface area contributed by atoms with Gasteiger partial charge in [-0.15, -0.1) is 0 Å². The summed E-state index contributed by atoms with van der Waals surface area (Å²) in [4.78, 5) is 12.4. The molecule has 1 heterocycles. The first-order valence-electron chi connectivity index (χ1n) is 8.04. The van der Waals surface area contributed by atoms with E-state index < -0.39 is 0 Å². The van der Waals surface area contributed by atoms with E-state index in [0.717, 1.165) is 24.2 Å². The van der Waals surface area contributed by atoms with Crippen LogP contribution in [0, 0.1) is 6.92 Å². The molecule has 1 amide bonds. The molecule has 1 N–H and O–H groups in total. The lowest BCUT2D eigenvalue weighted by molar-refractivity contribution is 0.0927. The fraction of sp³-hybridized carbons (Fsp3) is 0.471. The molecule has 122 valence electrons. The Balaban J connectivity index is 1.60. The summed E-state index contributed by atoms with van der Waals surface area (Å²) < 4.78 is 14.1. The molecule has 5 nitrogen and oxygen atoms in total. The van der Waals surface area contributed by atoms with Crippen molar-refractivity contribution in [1.29, 1.82) is 0 Å². The Bertz CT molecular complexity index is 665. The minimum atomic E-state index is -0.0196. The number of benzene rings is 1. The largest absolute Gasteiger partial charge is 0.487 e. The standard InChI is InChI=1S/C17H21N3O2S/c1-12-16(20-23-19-12)11-22-15-9-5-6-13(10-15)17(21)18-14-7-3-2-4-8-14/h5-6,9-10,14H,2-4,7-8,11H2,1H3,(H,18,21). The van der Waals surface area contributed by atoms with Crippen LogP contribution in [-0.2, 0) is 6.61 Å². The van der Waals surface area contributed by atoms with Gasteiger partial charge in [0.05, 0.1) is 17.4 Å². The van der Waals surface area contributed by atoms with Gasteiger partial charge in [-0.3, -0.25) is 4.79 Å². The molecular weight excluding hydrogens is 310 g/mol. The van der Waals surface area contributed by atoms with Crippen LogP contribution >= 0.6 is 11.7 Å². The summed E-state index contributed by atoms with van der Waals surface area (Å²) >= 11 is 1.18. The highest BCUT2D eigenvalue weighted by molar-refractivity contribution is 6.99. The van der Waals surface area contributed by atoms with Gasteiger partial charge in [0.25, 0.3) is 5.91 Å². The van der Waals surface area contributed by atoms with Gasteiger partial charge in [0.2, 0.25) is 0 Å². The molecule has 1 aliphatic rings. The summed E-state index contributed by atoms with van der Waals surface area (Å²) in [6.07, 6.45) is 5.85. The van der Waals surface area contributed by atoms with Crippen LogP contribution in [0.1, 0.15) is 53.8 Å². The Labute approximate surface area is 140 Å². The van der Waals surface area contributed by atoms with Crippen LogP contribution in [0.25, 0.3) is 0 Å². The van der Waals surface area contributed by atoms with Crippen molar-refractivity contribution in [2.75, 3.05) is 0 Å². The van der Waals surface area contributed by atoms with Gasteiger partial charge in [0.1, 0.15) is 18.1 Å². The highest BCUT2D eigenvalue weighted by Crippen LogP contribution is 2.19. The number of hydrogen-bond donors (Lipinski definition) is 1. The molecule has 0 unspecified atom stereocenters. The second kappa shape index (κ2) is 7.55. The van der Waals surface area contributed by atoms with Crippen molar-refractivity contribution in [3.8, 4) is 5.75 Å². The normalized spacial score (nSPS) is 15.3. The molecule has 1 saturated carbocycles. The third-order valence-electron chi connectivity index (χ3n) is 4.16. The van der Waals surface area contributed by atoms with E-state index in [0.29, 0.717) is 24.0 Å². The number of nitrogens with zero attached hydrogens (tertiary/aromatic N) is 2. The van der Waals surface area contributed by atoms with Gasteiger partial charge in [0, 0.05) is 11.6 Å². The second-order valence-electron chi connectivity index (χ2n) is 5.92. The summed E-state index contributed by atoms with van der Waals surface area (Å²) in [5, 5.41) is 3.13. The summed E-state index contributed by atoms with van der Waals surface area (Å²) in [7, 11) is 0. The van der Waals surface area contributed by atoms with Crippen molar-refractivity contribution >= 4 is 17.6 Å². The van der Waals surface area contributed by atoms with Crippen LogP contribution < -0.4 is 10.1 Å². The Hall–Kier alpha value is -1.95. The van der Waals surface area contributed by atoms with E-state index in [1.54, 1.807) is 6.07 Å². The van der Waals surface area contributed by atoms with Gasteiger partial charge in [-0.2, -0.15) is 8.75 Å². The van der Waals surface area contributed by atoms with Crippen LogP contribution in [0.3, 0.4) is 0 Å². The first-order valence-corrected chi connectivity index (χ1v) is 8.77. The molecule has 2 aromatic rings. The SMILES string of the molecule is Cc1nsnc1COc1cccc(C(=O)NC2CCCCC2)c1. The predicted molar refractivity (Wildman–Crippen MR) is 89.8 cm³/mol. The van der Waals surface area contributed by atoms with Gasteiger partial charge in [-0.05, 0) is 38.0 Å². The number of nitrogens with one attached hydrogen (secondary N) is 1. The smallest absolute Gasteiger partial charge is 0.251 e. The first-order chi connectivity index (χ1) is 11.2. The number of amides is 1. The number of carbonyl (C=O) groups excluding carboxylic acids is 1. The van der Waals surface area contributed by atoms with E-state index in [2.05, 4.69) is 14.1 Å². The van der Waals surface area contributed by atoms with Gasteiger partial charge in [0.15, 0.2) is 0 Å². The summed E-state index contributed by atoms with van der Waals surface area (Å²) in [6, 6.07) is 7.61. The van der Waals surface area contributed by atoms with Crippen molar-refractivity contribution in [1.82, 2.24) is 14.1 Å². The second-order valence-corrected chi connectivity index (χ2v) is 6.45. The van der Waals surface area contributed by atoms with Crippen LogP contribution in [-0.4, -0.2) is 20.7 Å². The lowest BCUT2D eigenvalue weighted by Crippen LogP contribution is -2.36. The summed E-state index contributed by atoms with van der Waals surface area (Å²) in [6.45, 7) is 2.28. The van der Waals surface area contributed by atoms with Gasteiger partial charge >= 0.3 is 0 Å². The quantitative estimate of drug-likeness (QED) is 0.911. The van der Waals surface area contributed by atoms with Crippen LogP contribution in [0.5, 0.6) is 5.75 Å². The molecule has 6 heteroatoms. The average Bonchev–Trinajstić information content (AvgIpc) is 2.99. The molecule has 1 aromatic heterocycles. The van der Waals surface area contributed by atoms with Crippen molar-refractivity contribution in [2.24, 2.45) is 0 Å². The monoisotopic (exact) mass is 331 g/mol. The lowest BCUT2D eigenvalue weighted by Gasteiger charge is -2.22. The van der Waals surface area contributed by atoms with Gasteiger partial charge < -0.3 is 10.1 Å². The third kappa shape index (κ3) is 4.28. The lowest BCUT2D eigenvalue weighted by atomic mass is 9.95. The van der Waals surface area contributed by atoms with E-state index in [1.807, 2.05) is 25.1 Å². The number of aromatic nitrogens is 2. The highest BCUT2D eigenvalue weighted by Gasteiger charge is 2.17. The number of carbonyl (C=O) groups is 1. The Morgan fingerprint density at radius 3 is 2.87 bits per heavy atom. The van der Waals surface area contributed by atoms with Crippen molar-refractivity contribution in [2.45, 2.75) is 51.7 Å². The molecule has 0 bridgehead atoms. The zero-order valence-corrected chi connectivity index (χ0v) is 14.1. The Morgan fingerprint density at radius 2 is 2.13 bits per heavy atom. The molecule has 0 radical (unpaired) electrons.